The average Bonchev–Trinajstić information content (AvgIpc) is 2.82. The number of rotatable bonds is 3. The van der Waals surface area contributed by atoms with Gasteiger partial charge in [-0.25, -0.2) is 4.39 Å². The zero-order chi connectivity index (χ0) is 15.6. The minimum atomic E-state index is -0.273. The van der Waals surface area contributed by atoms with Crippen molar-refractivity contribution in [3.63, 3.8) is 0 Å². The molecule has 112 valence electrons. The molecular weight excluding hydrogens is 400 g/mol. The van der Waals surface area contributed by atoms with Gasteiger partial charge in [0.15, 0.2) is 0 Å². The third-order valence-corrected chi connectivity index (χ3v) is 4.96. The van der Waals surface area contributed by atoms with Crippen molar-refractivity contribution in [2.24, 2.45) is 5.41 Å². The molecule has 0 bridgehead atoms. The SMILES string of the molecule is CC(C)(C)C(NC(=O)c1csc(I)c1)c1ccc(F)cc1. The maximum atomic E-state index is 13.1. The quantitative estimate of drug-likeness (QED) is 0.700. The molecule has 1 heterocycles. The van der Waals surface area contributed by atoms with E-state index in [1.807, 2.05) is 11.4 Å². The van der Waals surface area contributed by atoms with Gasteiger partial charge in [0.25, 0.3) is 5.91 Å². The van der Waals surface area contributed by atoms with E-state index < -0.39 is 0 Å². The van der Waals surface area contributed by atoms with Gasteiger partial charge < -0.3 is 5.32 Å². The average molecular weight is 417 g/mol. The molecular formula is C16H17FINOS. The third kappa shape index (κ3) is 4.26. The molecule has 0 aliphatic carbocycles. The first-order valence-electron chi connectivity index (χ1n) is 6.58. The highest BCUT2D eigenvalue weighted by Gasteiger charge is 2.28. The van der Waals surface area contributed by atoms with Gasteiger partial charge in [-0.2, -0.15) is 0 Å². The first-order chi connectivity index (χ1) is 9.77. The number of hydrogen-bond donors (Lipinski definition) is 1. The van der Waals surface area contributed by atoms with E-state index >= 15 is 0 Å². The van der Waals surface area contributed by atoms with Crippen LogP contribution in [0.25, 0.3) is 0 Å². The topological polar surface area (TPSA) is 29.1 Å². The summed E-state index contributed by atoms with van der Waals surface area (Å²) in [7, 11) is 0. The van der Waals surface area contributed by atoms with Gasteiger partial charge in [0.05, 0.1) is 14.5 Å². The van der Waals surface area contributed by atoms with E-state index in [4.69, 9.17) is 0 Å². The van der Waals surface area contributed by atoms with Crippen molar-refractivity contribution in [2.45, 2.75) is 26.8 Å². The van der Waals surface area contributed by atoms with Gasteiger partial charge in [0, 0.05) is 5.38 Å². The highest BCUT2D eigenvalue weighted by atomic mass is 127. The largest absolute Gasteiger partial charge is 0.345 e. The summed E-state index contributed by atoms with van der Waals surface area (Å²) in [4.78, 5) is 12.4. The van der Waals surface area contributed by atoms with Crippen LogP contribution in [0.5, 0.6) is 0 Å². The lowest BCUT2D eigenvalue weighted by molar-refractivity contribution is 0.0902. The number of thiophene rings is 1. The van der Waals surface area contributed by atoms with E-state index in [0.29, 0.717) is 5.56 Å². The van der Waals surface area contributed by atoms with Crippen molar-refractivity contribution >= 4 is 39.8 Å². The number of amides is 1. The number of halogens is 2. The Morgan fingerprint density at radius 1 is 1.29 bits per heavy atom. The molecule has 0 aliphatic rings. The summed E-state index contributed by atoms with van der Waals surface area (Å²) in [5.74, 6) is -0.372. The Morgan fingerprint density at radius 2 is 1.90 bits per heavy atom. The molecule has 0 saturated heterocycles. The summed E-state index contributed by atoms with van der Waals surface area (Å²) in [6.45, 7) is 6.16. The van der Waals surface area contributed by atoms with Crippen LogP contribution in [0.1, 0.15) is 42.7 Å². The van der Waals surface area contributed by atoms with E-state index in [9.17, 15) is 9.18 Å². The maximum Gasteiger partial charge on any atom is 0.252 e. The monoisotopic (exact) mass is 417 g/mol. The second kappa shape index (κ2) is 6.44. The third-order valence-electron chi connectivity index (χ3n) is 3.17. The van der Waals surface area contributed by atoms with Crippen molar-refractivity contribution in [3.05, 3.63) is 55.5 Å². The fourth-order valence-corrected chi connectivity index (χ4v) is 3.43. The predicted octanol–water partition coefficient (Wildman–Crippen LogP) is 5.01. The molecule has 2 aromatic rings. The molecule has 0 aliphatic heterocycles. The second-order valence-corrected chi connectivity index (χ2v) is 8.77. The Labute approximate surface area is 141 Å². The second-order valence-electron chi connectivity index (χ2n) is 5.96. The number of benzene rings is 1. The number of carbonyl (C=O) groups excluding carboxylic acids is 1. The first-order valence-corrected chi connectivity index (χ1v) is 8.53. The predicted molar refractivity (Wildman–Crippen MR) is 93.1 cm³/mol. The zero-order valence-corrected chi connectivity index (χ0v) is 15.1. The van der Waals surface area contributed by atoms with Gasteiger partial charge in [-0.3, -0.25) is 4.79 Å². The normalized spacial score (nSPS) is 13.0. The molecule has 1 atom stereocenters. The standard InChI is InChI=1S/C16H17FINOS/c1-16(2,3)14(10-4-6-12(17)7-5-10)19-15(20)11-8-13(18)21-9-11/h4-9,14H,1-3H3,(H,19,20). The highest BCUT2D eigenvalue weighted by molar-refractivity contribution is 14.1. The minimum Gasteiger partial charge on any atom is -0.345 e. The molecule has 1 aromatic carbocycles. The molecule has 2 rings (SSSR count). The first kappa shape index (κ1) is 16.4. The fourth-order valence-electron chi connectivity index (χ4n) is 2.10. The molecule has 1 amide bonds. The molecule has 0 fully saturated rings. The number of nitrogens with one attached hydrogen (secondary N) is 1. The fraction of sp³-hybridized carbons (Fsp3) is 0.312. The van der Waals surface area contributed by atoms with Crippen LogP contribution in [-0.4, -0.2) is 5.91 Å². The number of carbonyl (C=O) groups is 1. The van der Waals surface area contributed by atoms with Gasteiger partial charge in [0.2, 0.25) is 0 Å². The Morgan fingerprint density at radius 3 is 2.38 bits per heavy atom. The van der Waals surface area contributed by atoms with E-state index in [1.54, 1.807) is 23.5 Å². The van der Waals surface area contributed by atoms with Gasteiger partial charge in [0.1, 0.15) is 5.82 Å². The Hall–Kier alpha value is -0.950. The van der Waals surface area contributed by atoms with Gasteiger partial charge >= 0.3 is 0 Å². The van der Waals surface area contributed by atoms with Crippen LogP contribution in [0.2, 0.25) is 0 Å². The molecule has 0 radical (unpaired) electrons. The Bertz CT molecular complexity index is 630. The van der Waals surface area contributed by atoms with Crippen molar-refractivity contribution in [1.29, 1.82) is 0 Å². The van der Waals surface area contributed by atoms with Gasteiger partial charge in [-0.1, -0.05) is 32.9 Å². The molecule has 2 nitrogen and oxygen atoms in total. The molecule has 1 N–H and O–H groups in total. The van der Waals surface area contributed by atoms with Crippen LogP contribution in [-0.2, 0) is 0 Å². The summed E-state index contributed by atoms with van der Waals surface area (Å²) < 4.78 is 14.2. The smallest absolute Gasteiger partial charge is 0.252 e. The van der Waals surface area contributed by atoms with E-state index in [2.05, 4.69) is 48.7 Å². The lowest BCUT2D eigenvalue weighted by Crippen LogP contribution is -2.36. The van der Waals surface area contributed by atoms with E-state index in [0.717, 1.165) is 8.45 Å². The van der Waals surface area contributed by atoms with Crippen LogP contribution in [0.3, 0.4) is 0 Å². The van der Waals surface area contributed by atoms with Crippen LogP contribution in [0, 0.1) is 14.1 Å². The van der Waals surface area contributed by atoms with E-state index in [-0.39, 0.29) is 23.2 Å². The molecule has 0 spiro atoms. The van der Waals surface area contributed by atoms with Crippen molar-refractivity contribution < 1.29 is 9.18 Å². The molecule has 1 unspecified atom stereocenters. The lowest BCUT2D eigenvalue weighted by Gasteiger charge is -2.32. The maximum absolute atomic E-state index is 13.1. The molecule has 1 aromatic heterocycles. The van der Waals surface area contributed by atoms with Gasteiger partial charge in [-0.05, 0) is 51.8 Å². The Kier molecular flexibility index (Phi) is 5.03. The van der Waals surface area contributed by atoms with Gasteiger partial charge in [-0.15, -0.1) is 11.3 Å². The molecule has 5 heteroatoms. The number of hydrogen-bond acceptors (Lipinski definition) is 2. The van der Waals surface area contributed by atoms with Crippen molar-refractivity contribution in [2.75, 3.05) is 0 Å². The lowest BCUT2D eigenvalue weighted by atomic mass is 9.82. The molecule has 0 saturated carbocycles. The summed E-state index contributed by atoms with van der Waals surface area (Å²) in [5, 5.41) is 4.91. The molecule has 21 heavy (non-hydrogen) atoms. The highest BCUT2D eigenvalue weighted by Crippen LogP contribution is 2.33. The Balaban J connectivity index is 2.25. The van der Waals surface area contributed by atoms with E-state index in [1.165, 1.54) is 12.1 Å². The summed E-state index contributed by atoms with van der Waals surface area (Å²) in [6.07, 6.45) is 0. The zero-order valence-electron chi connectivity index (χ0n) is 12.1. The summed E-state index contributed by atoms with van der Waals surface area (Å²) in [5.41, 5.74) is 1.40. The summed E-state index contributed by atoms with van der Waals surface area (Å²) >= 11 is 3.74. The van der Waals surface area contributed by atoms with Crippen LogP contribution < -0.4 is 5.32 Å². The van der Waals surface area contributed by atoms with Crippen LogP contribution in [0.15, 0.2) is 35.7 Å². The van der Waals surface area contributed by atoms with Crippen molar-refractivity contribution in [3.8, 4) is 0 Å². The van der Waals surface area contributed by atoms with Crippen molar-refractivity contribution in [1.82, 2.24) is 5.32 Å². The van der Waals surface area contributed by atoms with Crippen LogP contribution in [0.4, 0.5) is 4.39 Å². The minimum absolute atomic E-state index is 0.0987. The van der Waals surface area contributed by atoms with Crippen LogP contribution >= 0.6 is 33.9 Å². The summed E-state index contributed by atoms with van der Waals surface area (Å²) in [6, 6.07) is 7.99.